The molecular weight excluding hydrogens is 268 g/mol. The number of hydrogen-bond acceptors (Lipinski definition) is 2. The van der Waals surface area contributed by atoms with Gasteiger partial charge in [0, 0.05) is 18.4 Å². The molecule has 0 aliphatic rings. The van der Waals surface area contributed by atoms with Gasteiger partial charge in [-0.3, -0.25) is 5.43 Å². The van der Waals surface area contributed by atoms with Crippen molar-refractivity contribution in [1.82, 2.24) is 15.3 Å². The second-order valence-electron chi connectivity index (χ2n) is 4.37. The third-order valence-electron chi connectivity index (χ3n) is 2.76. The lowest BCUT2D eigenvalue weighted by Gasteiger charge is -2.07. The maximum absolute atomic E-state index is 5.05. The molecule has 1 heterocycles. The van der Waals surface area contributed by atoms with Crippen LogP contribution in [0.2, 0.25) is 0 Å². The molecule has 1 aromatic carbocycles. The first kappa shape index (κ1) is 14.3. The van der Waals surface area contributed by atoms with Crippen LogP contribution in [-0.2, 0) is 0 Å². The van der Waals surface area contributed by atoms with Gasteiger partial charge in [0.05, 0.1) is 11.9 Å². The molecule has 0 saturated heterocycles. The lowest BCUT2D eigenvalue weighted by Crippen LogP contribution is -2.31. The Bertz CT molecular complexity index is 616. The first-order valence-corrected chi connectivity index (χ1v) is 6.93. The van der Waals surface area contributed by atoms with Crippen molar-refractivity contribution in [1.29, 1.82) is 0 Å². The Labute approximate surface area is 124 Å². The Hall–Kier alpha value is -2.14. The van der Waals surface area contributed by atoms with Crippen molar-refractivity contribution in [2.24, 2.45) is 5.10 Å². The third-order valence-corrected chi connectivity index (χ3v) is 3.00. The number of hydrazone groups is 1. The highest BCUT2D eigenvalue weighted by molar-refractivity contribution is 7.80. The van der Waals surface area contributed by atoms with Crippen molar-refractivity contribution in [3.8, 4) is 5.69 Å². The molecular formula is C15H18N4S. The molecule has 0 amide bonds. The smallest absolute Gasteiger partial charge is 0.186 e. The number of benzene rings is 1. The summed E-state index contributed by atoms with van der Waals surface area (Å²) in [5, 5.41) is 7.65. The van der Waals surface area contributed by atoms with Gasteiger partial charge >= 0.3 is 0 Å². The van der Waals surface area contributed by atoms with E-state index in [-0.39, 0.29) is 0 Å². The van der Waals surface area contributed by atoms with Gasteiger partial charge in [0.1, 0.15) is 0 Å². The second kappa shape index (κ2) is 6.86. The Morgan fingerprint density at radius 2 is 2.20 bits per heavy atom. The Morgan fingerprint density at radius 3 is 2.95 bits per heavy atom. The molecule has 5 heteroatoms. The summed E-state index contributed by atoms with van der Waals surface area (Å²) in [7, 11) is 0. The average Bonchev–Trinajstić information content (AvgIpc) is 2.87. The van der Waals surface area contributed by atoms with Crippen LogP contribution in [0.15, 0.2) is 47.7 Å². The van der Waals surface area contributed by atoms with Crippen LogP contribution in [0, 0.1) is 6.92 Å². The fourth-order valence-electron chi connectivity index (χ4n) is 1.87. The predicted octanol–water partition coefficient (Wildman–Crippen LogP) is 2.60. The molecule has 0 bridgehead atoms. The number of aryl methyl sites for hydroxylation is 1. The second-order valence-corrected chi connectivity index (χ2v) is 4.78. The van der Waals surface area contributed by atoms with Crippen molar-refractivity contribution >= 4 is 23.5 Å². The molecule has 2 N–H and O–H groups in total. The van der Waals surface area contributed by atoms with Crippen LogP contribution in [0.4, 0.5) is 0 Å². The van der Waals surface area contributed by atoms with E-state index >= 15 is 0 Å². The van der Waals surface area contributed by atoms with E-state index in [0.29, 0.717) is 5.11 Å². The molecule has 2 rings (SSSR count). The minimum Gasteiger partial charge on any atom is -0.362 e. The molecule has 20 heavy (non-hydrogen) atoms. The van der Waals surface area contributed by atoms with Crippen LogP contribution in [0.1, 0.15) is 18.2 Å². The Balaban J connectivity index is 2.13. The van der Waals surface area contributed by atoms with E-state index in [1.807, 2.05) is 31.3 Å². The zero-order valence-electron chi connectivity index (χ0n) is 11.6. The van der Waals surface area contributed by atoms with E-state index in [1.54, 1.807) is 6.21 Å². The molecule has 0 unspecified atom stereocenters. The monoisotopic (exact) mass is 286 g/mol. The highest BCUT2D eigenvalue weighted by atomic mass is 32.1. The minimum absolute atomic E-state index is 0.525. The molecule has 2 aromatic rings. The zero-order chi connectivity index (χ0) is 14.4. The van der Waals surface area contributed by atoms with E-state index in [9.17, 15) is 0 Å². The molecule has 0 aliphatic carbocycles. The lowest BCUT2D eigenvalue weighted by molar-refractivity contribution is 0.902. The number of nitrogens with zero attached hydrogens (tertiary/aromatic N) is 2. The van der Waals surface area contributed by atoms with Gasteiger partial charge in [0.2, 0.25) is 0 Å². The van der Waals surface area contributed by atoms with Crippen molar-refractivity contribution < 1.29 is 0 Å². The van der Waals surface area contributed by atoms with Crippen LogP contribution < -0.4 is 10.7 Å². The maximum atomic E-state index is 5.05. The number of thiocarbonyl (C=S) groups is 1. The quantitative estimate of drug-likeness (QED) is 0.516. The molecule has 0 spiro atoms. The zero-order valence-corrected chi connectivity index (χ0v) is 12.4. The Morgan fingerprint density at radius 1 is 1.35 bits per heavy atom. The fourth-order valence-corrected chi connectivity index (χ4v) is 2.07. The van der Waals surface area contributed by atoms with Crippen molar-refractivity contribution in [3.63, 3.8) is 0 Å². The number of nitrogens with one attached hydrogen (secondary N) is 2. The summed E-state index contributed by atoms with van der Waals surface area (Å²) in [5.41, 5.74) is 6.12. The van der Waals surface area contributed by atoms with Gasteiger partial charge in [0.15, 0.2) is 5.11 Å². The van der Waals surface area contributed by atoms with Crippen LogP contribution in [0.5, 0.6) is 0 Å². The van der Waals surface area contributed by atoms with Gasteiger partial charge in [0.25, 0.3) is 0 Å². The summed E-state index contributed by atoms with van der Waals surface area (Å²) in [6, 6.07) is 12.3. The van der Waals surface area contributed by atoms with Crippen molar-refractivity contribution in [3.05, 3.63) is 53.9 Å². The normalized spacial score (nSPS) is 10.7. The standard InChI is InChI=1S/C15H18N4S/c1-3-16-15(20)18-17-11-14-8-5-9-19(14)13-7-4-6-12(2)10-13/h4-11H,3H2,1-2H3,(H2,16,18,20)/b17-11-. The predicted molar refractivity (Wildman–Crippen MR) is 87.5 cm³/mol. The highest BCUT2D eigenvalue weighted by Gasteiger charge is 2.01. The molecule has 0 fully saturated rings. The van der Waals surface area contributed by atoms with Gasteiger partial charge < -0.3 is 9.88 Å². The summed E-state index contributed by atoms with van der Waals surface area (Å²) in [6.45, 7) is 4.85. The van der Waals surface area contributed by atoms with Crippen LogP contribution in [0.3, 0.4) is 0 Å². The number of hydrogen-bond donors (Lipinski definition) is 2. The fraction of sp³-hybridized carbons (Fsp3) is 0.200. The van der Waals surface area contributed by atoms with E-state index in [1.165, 1.54) is 5.56 Å². The summed E-state index contributed by atoms with van der Waals surface area (Å²) in [5.74, 6) is 0. The summed E-state index contributed by atoms with van der Waals surface area (Å²) in [6.07, 6.45) is 3.77. The SMILES string of the molecule is CCNC(=S)N/N=C\c1cccn1-c1cccc(C)c1. The first-order valence-electron chi connectivity index (χ1n) is 6.52. The van der Waals surface area contributed by atoms with Gasteiger partial charge in [-0.05, 0) is 55.9 Å². The average molecular weight is 286 g/mol. The van der Waals surface area contributed by atoms with E-state index in [0.717, 1.165) is 17.9 Å². The first-order chi connectivity index (χ1) is 9.70. The molecule has 1 aromatic heterocycles. The molecule has 0 radical (unpaired) electrons. The molecule has 4 nitrogen and oxygen atoms in total. The Kier molecular flexibility index (Phi) is 4.90. The van der Waals surface area contributed by atoms with E-state index in [4.69, 9.17) is 12.2 Å². The largest absolute Gasteiger partial charge is 0.362 e. The van der Waals surface area contributed by atoms with Gasteiger partial charge in [-0.15, -0.1) is 0 Å². The van der Waals surface area contributed by atoms with Crippen LogP contribution in [-0.4, -0.2) is 22.4 Å². The number of rotatable bonds is 4. The lowest BCUT2D eigenvalue weighted by atomic mass is 10.2. The van der Waals surface area contributed by atoms with Crippen molar-refractivity contribution in [2.45, 2.75) is 13.8 Å². The molecule has 0 saturated carbocycles. The van der Waals surface area contributed by atoms with Gasteiger partial charge in [-0.2, -0.15) is 5.10 Å². The summed E-state index contributed by atoms with van der Waals surface area (Å²) >= 11 is 5.05. The maximum Gasteiger partial charge on any atom is 0.186 e. The van der Waals surface area contributed by atoms with Crippen LogP contribution in [0.25, 0.3) is 5.69 Å². The van der Waals surface area contributed by atoms with E-state index in [2.05, 4.69) is 45.5 Å². The summed E-state index contributed by atoms with van der Waals surface area (Å²) in [4.78, 5) is 0. The minimum atomic E-state index is 0.525. The molecule has 104 valence electrons. The topological polar surface area (TPSA) is 41.4 Å². The molecule has 0 atom stereocenters. The number of aromatic nitrogens is 1. The van der Waals surface area contributed by atoms with Gasteiger partial charge in [-0.25, -0.2) is 0 Å². The van der Waals surface area contributed by atoms with E-state index < -0.39 is 0 Å². The summed E-state index contributed by atoms with van der Waals surface area (Å²) < 4.78 is 2.08. The molecule has 0 aliphatic heterocycles. The van der Waals surface area contributed by atoms with Crippen molar-refractivity contribution in [2.75, 3.05) is 6.54 Å². The highest BCUT2D eigenvalue weighted by Crippen LogP contribution is 2.12. The van der Waals surface area contributed by atoms with Gasteiger partial charge in [-0.1, -0.05) is 12.1 Å². The van der Waals surface area contributed by atoms with Crippen LogP contribution >= 0.6 is 12.2 Å². The third kappa shape index (κ3) is 3.68.